The fraction of sp³-hybridized carbons (Fsp3) is 0.273. The summed E-state index contributed by atoms with van der Waals surface area (Å²) < 4.78 is 2.58. The van der Waals surface area contributed by atoms with E-state index in [4.69, 9.17) is 5.73 Å². The summed E-state index contributed by atoms with van der Waals surface area (Å²) in [5, 5.41) is 14.7. The minimum atomic E-state index is -0.0959. The van der Waals surface area contributed by atoms with Gasteiger partial charge in [-0.15, -0.1) is 5.10 Å². The number of amides is 1. The molecule has 0 unspecified atom stereocenters. The molecule has 1 aromatic carbocycles. The summed E-state index contributed by atoms with van der Waals surface area (Å²) in [6.45, 7) is 0.987. The van der Waals surface area contributed by atoms with E-state index >= 15 is 0 Å². The third-order valence-electron chi connectivity index (χ3n) is 2.32. The number of nitrogens with two attached hydrogens (primary N) is 1. The van der Waals surface area contributed by atoms with E-state index in [1.54, 1.807) is 4.68 Å². The number of carbonyl (C=O) groups is 1. The second-order valence-corrected chi connectivity index (χ2v) is 5.89. The van der Waals surface area contributed by atoms with E-state index in [-0.39, 0.29) is 11.7 Å². The molecule has 0 atom stereocenters. The average Bonchev–Trinajstić information content (AvgIpc) is 2.87. The van der Waals surface area contributed by atoms with Gasteiger partial charge in [0.05, 0.1) is 18.0 Å². The first kappa shape index (κ1) is 15.2. The van der Waals surface area contributed by atoms with Gasteiger partial charge in [-0.1, -0.05) is 23.9 Å². The Morgan fingerprint density at radius 3 is 3.00 bits per heavy atom. The SMILES string of the molecule is NCCn1nnnc1SCC(=O)Nc1ccccc1I. The van der Waals surface area contributed by atoms with E-state index in [2.05, 4.69) is 43.4 Å². The summed E-state index contributed by atoms with van der Waals surface area (Å²) in [6.07, 6.45) is 0. The van der Waals surface area contributed by atoms with Gasteiger partial charge in [-0.05, 0) is 45.2 Å². The van der Waals surface area contributed by atoms with Crippen LogP contribution in [0.2, 0.25) is 0 Å². The Hall–Kier alpha value is -1.20. The van der Waals surface area contributed by atoms with Crippen molar-refractivity contribution in [2.75, 3.05) is 17.6 Å². The van der Waals surface area contributed by atoms with Gasteiger partial charge in [0, 0.05) is 10.1 Å². The molecule has 1 amide bonds. The molecule has 20 heavy (non-hydrogen) atoms. The quantitative estimate of drug-likeness (QED) is 0.550. The van der Waals surface area contributed by atoms with Crippen molar-refractivity contribution in [2.45, 2.75) is 11.7 Å². The zero-order valence-corrected chi connectivity index (χ0v) is 13.5. The molecule has 1 heterocycles. The first-order valence-corrected chi connectivity index (χ1v) is 7.90. The third kappa shape index (κ3) is 4.15. The van der Waals surface area contributed by atoms with Crippen molar-refractivity contribution in [3.05, 3.63) is 27.8 Å². The minimum Gasteiger partial charge on any atom is -0.329 e. The number of thioether (sulfide) groups is 1. The molecule has 0 bridgehead atoms. The average molecular weight is 404 g/mol. The van der Waals surface area contributed by atoms with E-state index in [0.717, 1.165) is 9.26 Å². The summed E-state index contributed by atoms with van der Waals surface area (Å²) in [4.78, 5) is 11.9. The number of halogens is 1. The van der Waals surface area contributed by atoms with Crippen molar-refractivity contribution in [1.29, 1.82) is 0 Å². The van der Waals surface area contributed by atoms with Crippen LogP contribution >= 0.6 is 34.4 Å². The fourth-order valence-corrected chi connectivity index (χ4v) is 2.67. The summed E-state index contributed by atoms with van der Waals surface area (Å²) >= 11 is 3.46. The number of anilines is 1. The number of para-hydroxylation sites is 1. The highest BCUT2D eigenvalue weighted by atomic mass is 127. The van der Waals surface area contributed by atoms with E-state index < -0.39 is 0 Å². The molecule has 7 nitrogen and oxygen atoms in total. The van der Waals surface area contributed by atoms with Gasteiger partial charge in [0.1, 0.15) is 0 Å². The first-order valence-electron chi connectivity index (χ1n) is 5.84. The van der Waals surface area contributed by atoms with Crippen molar-refractivity contribution < 1.29 is 4.79 Å². The van der Waals surface area contributed by atoms with E-state index in [1.807, 2.05) is 24.3 Å². The molecule has 3 N–H and O–H groups in total. The molecule has 0 aliphatic rings. The van der Waals surface area contributed by atoms with E-state index in [9.17, 15) is 4.79 Å². The van der Waals surface area contributed by atoms with Crippen LogP contribution in [0.5, 0.6) is 0 Å². The molecule has 0 spiro atoms. The Kier molecular flexibility index (Phi) is 5.73. The van der Waals surface area contributed by atoms with E-state index in [1.165, 1.54) is 11.8 Å². The Morgan fingerprint density at radius 1 is 1.45 bits per heavy atom. The Labute approximate surface area is 133 Å². The lowest BCUT2D eigenvalue weighted by atomic mass is 10.3. The molecule has 106 valence electrons. The first-order chi connectivity index (χ1) is 9.70. The van der Waals surface area contributed by atoms with E-state index in [0.29, 0.717) is 18.2 Å². The molecule has 0 radical (unpaired) electrons. The van der Waals surface area contributed by atoms with Gasteiger partial charge in [-0.2, -0.15) is 0 Å². The van der Waals surface area contributed by atoms with Crippen LogP contribution in [0.15, 0.2) is 29.4 Å². The highest BCUT2D eigenvalue weighted by Crippen LogP contribution is 2.18. The molecule has 0 saturated carbocycles. The predicted octanol–water partition coefficient (Wildman–Crippen LogP) is 0.967. The van der Waals surface area contributed by atoms with Gasteiger partial charge in [-0.25, -0.2) is 4.68 Å². The number of nitrogens with zero attached hydrogens (tertiary/aromatic N) is 4. The number of hydrogen-bond acceptors (Lipinski definition) is 6. The van der Waals surface area contributed by atoms with Gasteiger partial charge in [0.25, 0.3) is 0 Å². The highest BCUT2D eigenvalue weighted by molar-refractivity contribution is 14.1. The van der Waals surface area contributed by atoms with Crippen LogP contribution in [-0.2, 0) is 11.3 Å². The van der Waals surface area contributed by atoms with Crippen molar-refractivity contribution in [2.24, 2.45) is 5.73 Å². The molecule has 0 saturated heterocycles. The summed E-state index contributed by atoms with van der Waals surface area (Å²) in [6, 6.07) is 7.60. The van der Waals surface area contributed by atoms with Gasteiger partial charge in [-0.3, -0.25) is 4.79 Å². The number of tetrazole rings is 1. The number of carbonyl (C=O) groups excluding carboxylic acids is 1. The number of nitrogens with one attached hydrogen (secondary N) is 1. The topological polar surface area (TPSA) is 98.7 Å². The standard InChI is InChI=1S/C11H13IN6OS/c12-8-3-1-2-4-9(8)14-10(19)7-20-11-15-16-17-18(11)6-5-13/h1-4H,5-7,13H2,(H,14,19). The molecule has 9 heteroatoms. The molecule has 1 aromatic heterocycles. The number of rotatable bonds is 6. The summed E-state index contributed by atoms with van der Waals surface area (Å²) in [5.74, 6) is 0.150. The van der Waals surface area contributed by atoms with Crippen molar-refractivity contribution >= 4 is 45.9 Å². The van der Waals surface area contributed by atoms with Crippen molar-refractivity contribution in [3.63, 3.8) is 0 Å². The third-order valence-corrected chi connectivity index (χ3v) is 4.22. The number of hydrogen-bond donors (Lipinski definition) is 2. The van der Waals surface area contributed by atoms with Crippen LogP contribution < -0.4 is 11.1 Å². The summed E-state index contributed by atoms with van der Waals surface area (Å²) in [7, 11) is 0. The summed E-state index contributed by atoms with van der Waals surface area (Å²) in [5.41, 5.74) is 6.26. The fourth-order valence-electron chi connectivity index (χ4n) is 1.44. The molecular formula is C11H13IN6OS. The normalized spacial score (nSPS) is 10.5. The zero-order valence-electron chi connectivity index (χ0n) is 10.5. The van der Waals surface area contributed by atoms with Crippen LogP contribution in [0.3, 0.4) is 0 Å². The lowest BCUT2D eigenvalue weighted by Gasteiger charge is -2.06. The molecule has 0 aliphatic heterocycles. The van der Waals surface area contributed by atoms with Crippen LogP contribution in [0.4, 0.5) is 5.69 Å². The zero-order chi connectivity index (χ0) is 14.4. The predicted molar refractivity (Wildman–Crippen MR) is 85.4 cm³/mol. The van der Waals surface area contributed by atoms with Crippen molar-refractivity contribution in [1.82, 2.24) is 20.2 Å². The maximum atomic E-state index is 11.9. The Balaban J connectivity index is 1.89. The molecule has 2 rings (SSSR count). The van der Waals surface area contributed by atoms with Crippen LogP contribution in [0.1, 0.15) is 0 Å². The Morgan fingerprint density at radius 2 is 2.25 bits per heavy atom. The number of aromatic nitrogens is 4. The van der Waals surface area contributed by atoms with Crippen LogP contribution in [0, 0.1) is 3.57 Å². The maximum Gasteiger partial charge on any atom is 0.234 e. The smallest absolute Gasteiger partial charge is 0.234 e. The van der Waals surface area contributed by atoms with Gasteiger partial charge in [0.15, 0.2) is 0 Å². The van der Waals surface area contributed by atoms with Gasteiger partial charge < -0.3 is 11.1 Å². The number of benzene rings is 1. The Bertz CT molecular complexity index is 590. The second kappa shape index (κ2) is 7.55. The lowest BCUT2D eigenvalue weighted by molar-refractivity contribution is -0.113. The molecular weight excluding hydrogens is 391 g/mol. The molecule has 0 fully saturated rings. The maximum absolute atomic E-state index is 11.9. The van der Waals surface area contributed by atoms with Gasteiger partial charge in [0.2, 0.25) is 11.1 Å². The monoisotopic (exact) mass is 404 g/mol. The highest BCUT2D eigenvalue weighted by Gasteiger charge is 2.10. The van der Waals surface area contributed by atoms with Crippen molar-refractivity contribution in [3.8, 4) is 0 Å². The lowest BCUT2D eigenvalue weighted by Crippen LogP contribution is -2.16. The van der Waals surface area contributed by atoms with Crippen LogP contribution in [0.25, 0.3) is 0 Å². The largest absolute Gasteiger partial charge is 0.329 e. The second-order valence-electron chi connectivity index (χ2n) is 3.79. The molecule has 2 aromatic rings. The molecule has 0 aliphatic carbocycles. The van der Waals surface area contributed by atoms with Gasteiger partial charge >= 0.3 is 0 Å². The van der Waals surface area contributed by atoms with Crippen LogP contribution in [-0.4, -0.2) is 38.4 Å². The minimum absolute atomic E-state index is 0.0959.